The number of hydrogen-bond acceptors (Lipinski definition) is 5. The molecule has 112 valence electrons. The number of aromatic nitrogens is 1. The van der Waals surface area contributed by atoms with Gasteiger partial charge in [0.25, 0.3) is 5.91 Å². The Morgan fingerprint density at radius 1 is 1.23 bits per heavy atom. The maximum Gasteiger partial charge on any atom is 0.488 e. The molecule has 0 aliphatic heterocycles. The third kappa shape index (κ3) is 3.63. The predicted octanol–water partition coefficient (Wildman–Crippen LogP) is 0.555. The third-order valence-corrected chi connectivity index (χ3v) is 3.27. The molecule has 0 saturated heterocycles. The monoisotopic (exact) mass is 298 g/mol. The highest BCUT2D eigenvalue weighted by Crippen LogP contribution is 2.27. The van der Waals surface area contributed by atoms with Gasteiger partial charge < -0.3 is 20.1 Å². The summed E-state index contributed by atoms with van der Waals surface area (Å²) in [5.74, 6) is 0.774. The number of pyridine rings is 1. The van der Waals surface area contributed by atoms with Crippen LogP contribution in [0.2, 0.25) is 0 Å². The van der Waals surface area contributed by atoms with Gasteiger partial charge >= 0.3 is 7.12 Å². The first-order chi connectivity index (χ1) is 10.6. The van der Waals surface area contributed by atoms with Crippen molar-refractivity contribution in [3.05, 3.63) is 48.2 Å². The van der Waals surface area contributed by atoms with Crippen molar-refractivity contribution < 1.29 is 19.6 Å². The number of anilines is 1. The number of benzene rings is 1. The molecule has 6 nitrogen and oxygen atoms in total. The summed E-state index contributed by atoms with van der Waals surface area (Å²) in [5, 5.41) is 20.7. The van der Waals surface area contributed by atoms with E-state index in [0.717, 1.165) is 12.8 Å². The van der Waals surface area contributed by atoms with Crippen LogP contribution in [0.3, 0.4) is 0 Å². The molecule has 0 unspecified atom stereocenters. The zero-order valence-electron chi connectivity index (χ0n) is 11.8. The first kappa shape index (κ1) is 14.6. The average molecular weight is 298 g/mol. The Bertz CT molecular complexity index is 671. The van der Waals surface area contributed by atoms with E-state index in [1.54, 1.807) is 18.3 Å². The van der Waals surface area contributed by atoms with E-state index in [4.69, 9.17) is 14.8 Å². The number of nitrogens with zero attached hydrogens (tertiary/aromatic N) is 1. The summed E-state index contributed by atoms with van der Waals surface area (Å²) in [7, 11) is -1.55. The summed E-state index contributed by atoms with van der Waals surface area (Å²) < 4.78 is 5.65. The molecule has 1 aromatic carbocycles. The smallest absolute Gasteiger partial charge is 0.488 e. The molecule has 1 saturated carbocycles. The number of carbonyl (C=O) groups is 1. The molecule has 1 aromatic heterocycles. The third-order valence-electron chi connectivity index (χ3n) is 3.27. The van der Waals surface area contributed by atoms with Gasteiger partial charge in [0, 0.05) is 17.8 Å². The molecule has 7 heteroatoms. The second kappa shape index (κ2) is 6.17. The minimum atomic E-state index is -1.55. The van der Waals surface area contributed by atoms with Crippen molar-refractivity contribution in [2.24, 2.45) is 0 Å². The van der Waals surface area contributed by atoms with Gasteiger partial charge in [-0.05, 0) is 36.5 Å². The summed E-state index contributed by atoms with van der Waals surface area (Å²) >= 11 is 0. The lowest BCUT2D eigenvalue weighted by atomic mass is 9.80. The molecular formula is C15H15BN2O4. The second-order valence-electron chi connectivity index (χ2n) is 5.14. The summed E-state index contributed by atoms with van der Waals surface area (Å²) in [5.41, 5.74) is 0.731. The van der Waals surface area contributed by atoms with E-state index in [1.807, 2.05) is 0 Å². The highest BCUT2D eigenvalue weighted by Gasteiger charge is 2.23. The molecule has 0 atom stereocenters. The Labute approximate surface area is 127 Å². The lowest BCUT2D eigenvalue weighted by Gasteiger charge is -2.08. The zero-order chi connectivity index (χ0) is 15.5. The van der Waals surface area contributed by atoms with E-state index in [9.17, 15) is 4.79 Å². The van der Waals surface area contributed by atoms with Gasteiger partial charge in [0.15, 0.2) is 0 Å². The maximum absolute atomic E-state index is 12.1. The van der Waals surface area contributed by atoms with Crippen molar-refractivity contribution in [2.75, 3.05) is 5.32 Å². The molecule has 1 heterocycles. The minimum absolute atomic E-state index is 0.281. The van der Waals surface area contributed by atoms with Gasteiger partial charge in [-0.3, -0.25) is 4.79 Å². The molecule has 1 aliphatic rings. The molecule has 1 aliphatic carbocycles. The molecule has 2 aromatic rings. The van der Waals surface area contributed by atoms with E-state index in [1.165, 1.54) is 24.3 Å². The first-order valence-electron chi connectivity index (χ1n) is 7.02. The summed E-state index contributed by atoms with van der Waals surface area (Å²) in [6.45, 7) is 0. The van der Waals surface area contributed by atoms with E-state index >= 15 is 0 Å². The standard InChI is InChI=1S/C15H15BN2O4/c19-15(10-1-3-11(4-2-10)16(20)21)18-14-9-13(7-8-17-14)22-12-5-6-12/h1-4,7-9,12,20-21H,5-6H2,(H,17,18,19). The average Bonchev–Trinajstić information content (AvgIpc) is 3.31. The minimum Gasteiger partial charge on any atom is -0.490 e. The number of rotatable bonds is 5. The largest absolute Gasteiger partial charge is 0.490 e. The van der Waals surface area contributed by atoms with Crippen LogP contribution in [0.15, 0.2) is 42.6 Å². The molecule has 3 N–H and O–H groups in total. The summed E-state index contributed by atoms with van der Waals surface area (Å²) in [6.07, 6.45) is 3.99. The molecule has 1 amide bonds. The van der Waals surface area contributed by atoms with Crippen LogP contribution in [0.5, 0.6) is 5.75 Å². The fourth-order valence-corrected chi connectivity index (χ4v) is 1.93. The Kier molecular flexibility index (Phi) is 4.08. The summed E-state index contributed by atoms with van der Waals surface area (Å²) in [6, 6.07) is 9.45. The highest BCUT2D eigenvalue weighted by atomic mass is 16.5. The van der Waals surface area contributed by atoms with Crippen LogP contribution in [0.1, 0.15) is 23.2 Å². The van der Waals surface area contributed by atoms with Gasteiger partial charge in [-0.15, -0.1) is 0 Å². The van der Waals surface area contributed by atoms with E-state index in [0.29, 0.717) is 22.6 Å². The number of hydrogen-bond donors (Lipinski definition) is 3. The lowest BCUT2D eigenvalue weighted by Crippen LogP contribution is -2.29. The van der Waals surface area contributed by atoms with Gasteiger partial charge in [-0.25, -0.2) is 4.98 Å². The fourth-order valence-electron chi connectivity index (χ4n) is 1.93. The summed E-state index contributed by atoms with van der Waals surface area (Å²) in [4.78, 5) is 16.2. The van der Waals surface area contributed by atoms with Crippen molar-refractivity contribution in [1.82, 2.24) is 4.98 Å². The van der Waals surface area contributed by atoms with Crippen molar-refractivity contribution in [2.45, 2.75) is 18.9 Å². The fraction of sp³-hybridized carbons (Fsp3) is 0.200. The van der Waals surface area contributed by atoms with Crippen LogP contribution in [-0.2, 0) is 0 Å². The SMILES string of the molecule is O=C(Nc1cc(OC2CC2)ccn1)c1ccc(B(O)O)cc1. The topological polar surface area (TPSA) is 91.7 Å². The molecular weight excluding hydrogens is 283 g/mol. The van der Waals surface area contributed by atoms with E-state index < -0.39 is 7.12 Å². The van der Waals surface area contributed by atoms with Crippen molar-refractivity contribution in [3.8, 4) is 5.75 Å². The van der Waals surface area contributed by atoms with Gasteiger partial charge in [0.2, 0.25) is 0 Å². The van der Waals surface area contributed by atoms with Crippen LogP contribution >= 0.6 is 0 Å². The maximum atomic E-state index is 12.1. The van der Waals surface area contributed by atoms with Crippen LogP contribution in [0.4, 0.5) is 5.82 Å². The zero-order valence-corrected chi connectivity index (χ0v) is 11.8. The first-order valence-corrected chi connectivity index (χ1v) is 7.02. The van der Waals surface area contributed by atoms with Crippen molar-refractivity contribution >= 4 is 24.3 Å². The number of nitrogens with one attached hydrogen (secondary N) is 1. The Hall–Kier alpha value is -2.38. The van der Waals surface area contributed by atoms with E-state index in [-0.39, 0.29) is 12.0 Å². The predicted molar refractivity (Wildman–Crippen MR) is 82.1 cm³/mol. The molecule has 0 radical (unpaired) electrons. The Morgan fingerprint density at radius 2 is 1.95 bits per heavy atom. The molecule has 0 spiro atoms. The van der Waals surface area contributed by atoms with Gasteiger partial charge in [0.1, 0.15) is 11.6 Å². The Morgan fingerprint density at radius 3 is 2.59 bits per heavy atom. The molecule has 1 fully saturated rings. The van der Waals surface area contributed by atoms with Crippen LogP contribution < -0.4 is 15.5 Å². The molecule has 22 heavy (non-hydrogen) atoms. The quantitative estimate of drug-likeness (QED) is 0.701. The van der Waals surface area contributed by atoms with Gasteiger partial charge in [-0.2, -0.15) is 0 Å². The highest BCUT2D eigenvalue weighted by molar-refractivity contribution is 6.58. The number of amides is 1. The van der Waals surface area contributed by atoms with Crippen molar-refractivity contribution in [3.63, 3.8) is 0 Å². The van der Waals surface area contributed by atoms with Gasteiger partial charge in [0.05, 0.1) is 6.10 Å². The lowest BCUT2D eigenvalue weighted by molar-refractivity contribution is 0.102. The second-order valence-corrected chi connectivity index (χ2v) is 5.14. The van der Waals surface area contributed by atoms with Gasteiger partial charge in [-0.1, -0.05) is 12.1 Å². The normalized spacial score (nSPS) is 13.5. The number of ether oxygens (including phenoxy) is 1. The molecule has 0 bridgehead atoms. The van der Waals surface area contributed by atoms with Crippen LogP contribution in [0.25, 0.3) is 0 Å². The van der Waals surface area contributed by atoms with E-state index in [2.05, 4.69) is 10.3 Å². The molecule has 3 rings (SSSR count). The van der Waals surface area contributed by atoms with Crippen molar-refractivity contribution in [1.29, 1.82) is 0 Å². The number of carbonyl (C=O) groups excluding carboxylic acids is 1. The Balaban J connectivity index is 1.67. The van der Waals surface area contributed by atoms with Crippen LogP contribution in [0, 0.1) is 0 Å². The van der Waals surface area contributed by atoms with Crippen LogP contribution in [-0.4, -0.2) is 34.2 Å².